The maximum absolute atomic E-state index is 12.5. The van der Waals surface area contributed by atoms with Gasteiger partial charge in [-0.1, -0.05) is 12.1 Å². The van der Waals surface area contributed by atoms with Crippen molar-refractivity contribution in [3.8, 4) is 11.3 Å². The van der Waals surface area contributed by atoms with Gasteiger partial charge in [0.25, 0.3) is 5.56 Å². The van der Waals surface area contributed by atoms with Crippen LogP contribution in [0.4, 0.5) is 5.69 Å². The highest BCUT2D eigenvalue weighted by Crippen LogP contribution is 2.22. The molecule has 0 radical (unpaired) electrons. The van der Waals surface area contributed by atoms with Crippen LogP contribution in [0.5, 0.6) is 0 Å². The molecule has 154 valence electrons. The van der Waals surface area contributed by atoms with Crippen LogP contribution in [-0.2, 0) is 4.74 Å². The molecule has 3 rings (SSSR count). The van der Waals surface area contributed by atoms with E-state index in [2.05, 4.69) is 15.3 Å². The molecule has 0 saturated heterocycles. The van der Waals surface area contributed by atoms with Crippen LogP contribution in [0, 0.1) is 0 Å². The van der Waals surface area contributed by atoms with E-state index in [4.69, 9.17) is 4.74 Å². The SMILES string of the molecule is COC(CO)C(O)C(O)C(C)Nc1ccc2cc(-c3ccccn3)c(=O)[nH]c2c1. The number of pyridine rings is 2. The third kappa shape index (κ3) is 4.63. The number of aliphatic hydroxyl groups excluding tert-OH is 3. The van der Waals surface area contributed by atoms with Crippen molar-refractivity contribution in [2.24, 2.45) is 0 Å². The molecular formula is C21H25N3O5. The first-order valence-corrected chi connectivity index (χ1v) is 9.29. The Morgan fingerprint density at radius 1 is 1.17 bits per heavy atom. The van der Waals surface area contributed by atoms with Crippen molar-refractivity contribution in [3.05, 3.63) is 59.0 Å². The second-order valence-electron chi connectivity index (χ2n) is 6.90. The minimum atomic E-state index is -1.26. The molecular weight excluding hydrogens is 374 g/mol. The second-order valence-corrected chi connectivity index (χ2v) is 6.90. The zero-order valence-corrected chi connectivity index (χ0v) is 16.2. The van der Waals surface area contributed by atoms with Gasteiger partial charge < -0.3 is 30.4 Å². The lowest BCUT2D eigenvalue weighted by Gasteiger charge is -2.29. The van der Waals surface area contributed by atoms with Crippen molar-refractivity contribution >= 4 is 16.6 Å². The first-order chi connectivity index (χ1) is 13.9. The van der Waals surface area contributed by atoms with Crippen LogP contribution < -0.4 is 10.9 Å². The van der Waals surface area contributed by atoms with Crippen LogP contribution in [0.3, 0.4) is 0 Å². The van der Waals surface area contributed by atoms with Gasteiger partial charge in [0.15, 0.2) is 0 Å². The number of rotatable bonds is 8. The van der Waals surface area contributed by atoms with Crippen molar-refractivity contribution in [2.45, 2.75) is 31.3 Å². The first kappa shape index (κ1) is 20.9. The van der Waals surface area contributed by atoms with Crippen molar-refractivity contribution in [3.63, 3.8) is 0 Å². The number of methoxy groups -OCH3 is 1. The van der Waals surface area contributed by atoms with Crippen molar-refractivity contribution in [1.82, 2.24) is 9.97 Å². The molecule has 29 heavy (non-hydrogen) atoms. The molecule has 0 spiro atoms. The van der Waals surface area contributed by atoms with E-state index in [1.807, 2.05) is 18.2 Å². The monoisotopic (exact) mass is 399 g/mol. The Morgan fingerprint density at radius 2 is 1.97 bits per heavy atom. The van der Waals surface area contributed by atoms with Crippen LogP contribution in [0.25, 0.3) is 22.2 Å². The van der Waals surface area contributed by atoms with E-state index in [0.29, 0.717) is 22.5 Å². The molecule has 8 nitrogen and oxygen atoms in total. The fraction of sp³-hybridized carbons (Fsp3) is 0.333. The van der Waals surface area contributed by atoms with E-state index in [1.54, 1.807) is 37.4 Å². The molecule has 4 unspecified atom stereocenters. The summed E-state index contributed by atoms with van der Waals surface area (Å²) in [5.41, 5.74) is 2.13. The van der Waals surface area contributed by atoms with E-state index in [-0.39, 0.29) is 5.56 Å². The van der Waals surface area contributed by atoms with Gasteiger partial charge in [-0.15, -0.1) is 0 Å². The molecule has 2 aromatic heterocycles. The largest absolute Gasteiger partial charge is 0.394 e. The molecule has 3 aromatic rings. The number of hydrogen-bond acceptors (Lipinski definition) is 7. The summed E-state index contributed by atoms with van der Waals surface area (Å²) in [6, 6.07) is 12.1. The minimum Gasteiger partial charge on any atom is -0.394 e. The predicted octanol–water partition coefficient (Wildman–Crippen LogP) is 1.12. The van der Waals surface area contributed by atoms with Gasteiger partial charge in [0.1, 0.15) is 18.3 Å². The summed E-state index contributed by atoms with van der Waals surface area (Å²) < 4.78 is 4.97. The minimum absolute atomic E-state index is 0.247. The molecule has 5 N–H and O–H groups in total. The van der Waals surface area contributed by atoms with E-state index < -0.39 is 31.0 Å². The Morgan fingerprint density at radius 3 is 2.62 bits per heavy atom. The average Bonchev–Trinajstić information content (AvgIpc) is 2.74. The summed E-state index contributed by atoms with van der Waals surface area (Å²) in [7, 11) is 1.35. The third-order valence-corrected chi connectivity index (χ3v) is 4.91. The highest BCUT2D eigenvalue weighted by Gasteiger charge is 2.30. The van der Waals surface area contributed by atoms with Crippen LogP contribution in [0.1, 0.15) is 6.92 Å². The molecule has 8 heteroatoms. The van der Waals surface area contributed by atoms with Gasteiger partial charge in [-0.3, -0.25) is 9.78 Å². The standard InChI is InChI=1S/C21H25N3O5/c1-12(19(26)20(27)18(11-25)29-2)23-14-7-6-13-9-15(16-5-3-4-8-22-16)21(28)24-17(13)10-14/h3-10,12,18-20,23,25-27H,11H2,1-2H3,(H,24,28). The third-order valence-electron chi connectivity index (χ3n) is 4.91. The quantitative estimate of drug-likeness (QED) is 0.384. The van der Waals surface area contributed by atoms with Gasteiger partial charge in [-0.2, -0.15) is 0 Å². The molecule has 1 aromatic carbocycles. The number of ether oxygens (including phenoxy) is 1. The second kappa shape index (κ2) is 9.15. The van der Waals surface area contributed by atoms with Gasteiger partial charge in [0.05, 0.1) is 29.4 Å². The number of anilines is 1. The number of fused-ring (bicyclic) bond motifs is 1. The van der Waals surface area contributed by atoms with E-state index in [9.17, 15) is 20.1 Å². The molecule has 0 saturated carbocycles. The summed E-state index contributed by atoms with van der Waals surface area (Å²) >= 11 is 0. The van der Waals surface area contributed by atoms with E-state index in [1.165, 1.54) is 7.11 Å². The van der Waals surface area contributed by atoms with Gasteiger partial charge in [-0.25, -0.2) is 0 Å². The zero-order chi connectivity index (χ0) is 21.0. The van der Waals surface area contributed by atoms with Gasteiger partial charge >= 0.3 is 0 Å². The van der Waals surface area contributed by atoms with Crippen LogP contribution >= 0.6 is 0 Å². The Bertz CT molecular complexity index is 1000. The van der Waals surface area contributed by atoms with Crippen molar-refractivity contribution in [1.29, 1.82) is 0 Å². The Labute approximate surface area is 167 Å². The van der Waals surface area contributed by atoms with E-state index in [0.717, 1.165) is 5.39 Å². The summed E-state index contributed by atoms with van der Waals surface area (Å²) in [6.45, 7) is 1.30. The van der Waals surface area contributed by atoms with Gasteiger partial charge in [-0.05, 0) is 42.6 Å². The summed E-state index contributed by atoms with van der Waals surface area (Å²) in [4.78, 5) is 19.6. The number of hydrogen-bond donors (Lipinski definition) is 5. The van der Waals surface area contributed by atoms with E-state index >= 15 is 0 Å². The highest BCUT2D eigenvalue weighted by molar-refractivity contribution is 5.85. The molecule has 2 heterocycles. The molecule has 0 fully saturated rings. The maximum atomic E-state index is 12.5. The smallest absolute Gasteiger partial charge is 0.257 e. The molecule has 4 atom stereocenters. The summed E-state index contributed by atoms with van der Waals surface area (Å²) in [6.07, 6.45) is -1.67. The fourth-order valence-electron chi connectivity index (χ4n) is 3.19. The Hall–Kier alpha value is -2.78. The number of H-pyrrole nitrogens is 1. The number of aliphatic hydroxyl groups is 3. The maximum Gasteiger partial charge on any atom is 0.257 e. The average molecular weight is 399 g/mol. The number of aromatic amines is 1. The highest BCUT2D eigenvalue weighted by atomic mass is 16.5. The normalized spacial score (nSPS) is 15.6. The van der Waals surface area contributed by atoms with Crippen LogP contribution in [-0.4, -0.2) is 63.4 Å². The Balaban J connectivity index is 1.82. The van der Waals surface area contributed by atoms with Gasteiger partial charge in [0.2, 0.25) is 0 Å². The van der Waals surface area contributed by atoms with Crippen molar-refractivity contribution < 1.29 is 20.1 Å². The number of nitrogens with zero attached hydrogens (tertiary/aromatic N) is 1. The topological polar surface area (TPSA) is 128 Å². The van der Waals surface area contributed by atoms with Crippen molar-refractivity contribution in [2.75, 3.05) is 19.0 Å². The van der Waals surface area contributed by atoms with Gasteiger partial charge in [0, 0.05) is 19.0 Å². The summed E-state index contributed by atoms with van der Waals surface area (Å²) in [5, 5.41) is 33.6. The molecule has 0 amide bonds. The fourth-order valence-corrected chi connectivity index (χ4v) is 3.19. The molecule has 0 bridgehead atoms. The molecule has 0 aliphatic heterocycles. The lowest BCUT2D eigenvalue weighted by Crippen LogP contribution is -2.48. The summed E-state index contributed by atoms with van der Waals surface area (Å²) in [5.74, 6) is 0. The molecule has 0 aliphatic rings. The lowest BCUT2D eigenvalue weighted by molar-refractivity contribution is -0.0953. The Kier molecular flexibility index (Phi) is 6.60. The lowest BCUT2D eigenvalue weighted by atomic mass is 10.0. The zero-order valence-electron chi connectivity index (χ0n) is 16.2. The van der Waals surface area contributed by atoms with Crippen LogP contribution in [0.15, 0.2) is 53.5 Å². The predicted molar refractivity (Wildman–Crippen MR) is 111 cm³/mol. The molecule has 0 aliphatic carbocycles. The van der Waals surface area contributed by atoms with Crippen LogP contribution in [0.2, 0.25) is 0 Å². The number of benzene rings is 1. The number of nitrogens with one attached hydrogen (secondary N) is 2. The first-order valence-electron chi connectivity index (χ1n) is 9.29. The number of aromatic nitrogens is 2.